The van der Waals surface area contributed by atoms with Gasteiger partial charge in [0.2, 0.25) is 0 Å². The normalized spacial score (nSPS) is 19.2. The van der Waals surface area contributed by atoms with Gasteiger partial charge >= 0.3 is 7.12 Å². The van der Waals surface area contributed by atoms with Crippen LogP contribution in [0, 0.1) is 5.82 Å². The van der Waals surface area contributed by atoms with Crippen LogP contribution in [0.5, 0.6) is 0 Å². The average Bonchev–Trinajstić information content (AvgIpc) is 2.71. The molecule has 0 amide bonds. The zero-order valence-corrected chi connectivity index (χ0v) is 16.0. The van der Waals surface area contributed by atoms with E-state index < -0.39 is 24.1 Å². The number of nitrogen functional groups attached to an aromatic ring is 1. The predicted molar refractivity (Wildman–Crippen MR) is 101 cm³/mol. The minimum absolute atomic E-state index is 0.00345. The number of hydrogen-bond donors (Lipinski definition) is 2. The molecule has 0 aliphatic carbocycles. The average molecular weight is 366 g/mol. The number of nitrogens with two attached hydrogens (primary N) is 1. The van der Waals surface area contributed by atoms with Crippen molar-refractivity contribution < 1.29 is 18.5 Å². The highest BCUT2D eigenvalue weighted by molar-refractivity contribution is 8.13. The Bertz CT molecular complexity index is 678. The lowest BCUT2D eigenvalue weighted by molar-refractivity contribution is -0.109. The van der Waals surface area contributed by atoms with Crippen molar-refractivity contribution in [3.63, 3.8) is 0 Å². The molecule has 1 aromatic rings. The van der Waals surface area contributed by atoms with E-state index in [2.05, 4.69) is 5.43 Å². The van der Waals surface area contributed by atoms with Gasteiger partial charge in [0, 0.05) is 12.7 Å². The van der Waals surface area contributed by atoms with Crippen LogP contribution in [0.15, 0.2) is 23.7 Å². The molecule has 1 heterocycles. The van der Waals surface area contributed by atoms with Crippen LogP contribution in [-0.2, 0) is 14.1 Å². The molecule has 1 aliphatic rings. The Morgan fingerprint density at radius 2 is 1.92 bits per heavy atom. The number of hydrazine groups is 1. The number of nitrogens with one attached hydrogen (secondary N) is 1. The van der Waals surface area contributed by atoms with Gasteiger partial charge in [0.25, 0.3) is 0 Å². The second-order valence-electron chi connectivity index (χ2n) is 6.97. The first-order valence-electron chi connectivity index (χ1n) is 8.01. The van der Waals surface area contributed by atoms with Crippen LogP contribution >= 0.6 is 11.8 Å². The molecule has 1 aliphatic heterocycles. The van der Waals surface area contributed by atoms with Crippen molar-refractivity contribution in [3.05, 3.63) is 35.1 Å². The summed E-state index contributed by atoms with van der Waals surface area (Å²) in [5, 5.41) is -0.00345. The molecule has 0 bridgehead atoms. The molecule has 2 rings (SSSR count). The minimum Gasteiger partial charge on any atom is -0.400 e. The van der Waals surface area contributed by atoms with Crippen LogP contribution in [0.4, 0.5) is 10.1 Å². The molecule has 8 heteroatoms. The number of hydrogen-bond acceptors (Lipinski definition) is 6. The first kappa shape index (κ1) is 20.0. The number of anilines is 1. The molecular weight excluding hydrogens is 342 g/mol. The van der Waals surface area contributed by atoms with Gasteiger partial charge in [-0.1, -0.05) is 23.9 Å². The third-order valence-electron chi connectivity index (χ3n) is 4.50. The van der Waals surface area contributed by atoms with Gasteiger partial charge in [-0.15, -0.1) is 0 Å². The highest BCUT2D eigenvalue weighted by atomic mass is 32.2. The molecule has 1 saturated heterocycles. The predicted octanol–water partition coefficient (Wildman–Crippen LogP) is 3.41. The lowest BCUT2D eigenvalue weighted by Gasteiger charge is -2.32. The zero-order valence-electron chi connectivity index (χ0n) is 15.2. The van der Waals surface area contributed by atoms with Crippen molar-refractivity contribution in [1.82, 2.24) is 0 Å². The largest absolute Gasteiger partial charge is 0.491 e. The Morgan fingerprint density at radius 1 is 1.32 bits per heavy atom. The molecule has 0 aromatic heterocycles. The van der Waals surface area contributed by atoms with Crippen molar-refractivity contribution in [2.75, 3.05) is 11.2 Å². The maximum Gasteiger partial charge on any atom is 0.491 e. The van der Waals surface area contributed by atoms with E-state index in [9.17, 15) is 9.18 Å². The summed E-state index contributed by atoms with van der Waals surface area (Å²) in [5.74, 6) is 5.21. The van der Waals surface area contributed by atoms with Crippen LogP contribution in [0.2, 0.25) is 0 Å². The fraction of sp³-hybridized carbons (Fsp3) is 0.471. The van der Waals surface area contributed by atoms with Gasteiger partial charge < -0.3 is 14.7 Å². The number of halogens is 1. The molecule has 1 fully saturated rings. The van der Waals surface area contributed by atoms with Crippen LogP contribution in [-0.4, -0.2) is 29.2 Å². The van der Waals surface area contributed by atoms with E-state index in [1.165, 1.54) is 13.0 Å². The molecule has 136 valence electrons. The Labute approximate surface area is 152 Å². The summed E-state index contributed by atoms with van der Waals surface area (Å²) in [6, 6.07) is 4.67. The van der Waals surface area contributed by atoms with E-state index in [4.69, 9.17) is 15.2 Å². The number of benzene rings is 1. The van der Waals surface area contributed by atoms with Crippen molar-refractivity contribution in [1.29, 1.82) is 0 Å². The third-order valence-corrected chi connectivity index (χ3v) is 5.38. The first-order chi connectivity index (χ1) is 11.6. The minimum atomic E-state index is -0.591. The van der Waals surface area contributed by atoms with E-state index in [1.807, 2.05) is 27.7 Å². The Balaban J connectivity index is 2.33. The highest BCUT2D eigenvalue weighted by Gasteiger charge is 2.52. The van der Waals surface area contributed by atoms with Gasteiger partial charge in [-0.25, -0.2) is 4.39 Å². The van der Waals surface area contributed by atoms with Gasteiger partial charge in [0.05, 0.1) is 16.9 Å². The van der Waals surface area contributed by atoms with Gasteiger partial charge in [-0.2, -0.15) is 0 Å². The summed E-state index contributed by atoms with van der Waals surface area (Å²) in [5.41, 5.74) is 2.95. The second kappa shape index (κ2) is 7.49. The van der Waals surface area contributed by atoms with Crippen molar-refractivity contribution >= 4 is 35.8 Å². The zero-order chi connectivity index (χ0) is 18.8. The van der Waals surface area contributed by atoms with Gasteiger partial charge in [-0.05, 0) is 50.9 Å². The lowest BCUT2D eigenvalue weighted by Crippen LogP contribution is -2.41. The SMILES string of the molecule is CC(=O)SCC(=Cc1ccc(NN)c(F)c1)B1OC(C)(C)C(C)(C)O1. The van der Waals surface area contributed by atoms with Crippen LogP contribution in [0.25, 0.3) is 6.08 Å². The summed E-state index contributed by atoms with van der Waals surface area (Å²) in [4.78, 5) is 11.4. The van der Waals surface area contributed by atoms with E-state index in [0.717, 1.165) is 17.2 Å². The summed E-state index contributed by atoms with van der Waals surface area (Å²) in [7, 11) is -0.591. The first-order valence-corrected chi connectivity index (χ1v) is 9.00. The maximum absolute atomic E-state index is 13.9. The Morgan fingerprint density at radius 3 is 2.40 bits per heavy atom. The summed E-state index contributed by atoms with van der Waals surface area (Å²) >= 11 is 1.16. The van der Waals surface area contributed by atoms with Crippen LogP contribution < -0.4 is 11.3 Å². The summed E-state index contributed by atoms with van der Waals surface area (Å²) < 4.78 is 26.1. The molecular formula is C17H24BFN2O3S. The summed E-state index contributed by atoms with van der Waals surface area (Å²) in [6.07, 6.45) is 1.79. The van der Waals surface area contributed by atoms with Gasteiger partial charge in [0.1, 0.15) is 5.82 Å². The van der Waals surface area contributed by atoms with Crippen molar-refractivity contribution in [2.45, 2.75) is 45.8 Å². The smallest absolute Gasteiger partial charge is 0.400 e. The Kier molecular flexibility index (Phi) is 5.99. The topological polar surface area (TPSA) is 73.6 Å². The van der Waals surface area contributed by atoms with E-state index in [1.54, 1.807) is 18.2 Å². The molecule has 0 atom stereocenters. The van der Waals surface area contributed by atoms with Crippen LogP contribution in [0.3, 0.4) is 0 Å². The van der Waals surface area contributed by atoms with Crippen LogP contribution in [0.1, 0.15) is 40.2 Å². The molecule has 25 heavy (non-hydrogen) atoms. The van der Waals surface area contributed by atoms with E-state index >= 15 is 0 Å². The fourth-order valence-corrected chi connectivity index (χ4v) is 2.90. The molecule has 3 N–H and O–H groups in total. The Hall–Kier alpha value is -1.35. The van der Waals surface area contributed by atoms with E-state index in [-0.39, 0.29) is 10.8 Å². The molecule has 0 saturated carbocycles. The van der Waals surface area contributed by atoms with Crippen molar-refractivity contribution in [2.24, 2.45) is 5.84 Å². The quantitative estimate of drug-likeness (QED) is 0.473. The molecule has 0 unspecified atom stereocenters. The number of carbonyl (C=O) groups excluding carboxylic acids is 1. The number of rotatable bonds is 5. The fourth-order valence-electron chi connectivity index (χ4n) is 2.31. The second-order valence-corrected chi connectivity index (χ2v) is 8.12. The maximum atomic E-state index is 13.9. The molecule has 0 spiro atoms. The monoisotopic (exact) mass is 366 g/mol. The number of thioether (sulfide) groups is 1. The third kappa shape index (κ3) is 4.64. The lowest BCUT2D eigenvalue weighted by atomic mass is 9.78. The standard InChI is InChI=1S/C17H24BFN2O3S/c1-11(22)25-10-13(18-23-16(2,3)17(4,5)24-18)8-12-6-7-15(21-20)14(19)9-12/h6-9,21H,10,20H2,1-5H3. The molecule has 5 nitrogen and oxygen atoms in total. The number of carbonyl (C=O) groups is 1. The van der Waals surface area contributed by atoms with Gasteiger partial charge in [0.15, 0.2) is 5.12 Å². The molecule has 1 aromatic carbocycles. The molecule has 0 radical (unpaired) electrons. The van der Waals surface area contributed by atoms with E-state index in [0.29, 0.717) is 11.3 Å². The highest BCUT2D eigenvalue weighted by Crippen LogP contribution is 2.39. The summed E-state index contributed by atoms with van der Waals surface area (Å²) in [6.45, 7) is 9.36. The van der Waals surface area contributed by atoms with Crippen molar-refractivity contribution in [3.8, 4) is 0 Å². The van der Waals surface area contributed by atoms with Gasteiger partial charge in [-0.3, -0.25) is 10.6 Å².